The predicted octanol–water partition coefficient (Wildman–Crippen LogP) is 2.37. The maximum absolute atomic E-state index is 12.0. The van der Waals surface area contributed by atoms with E-state index in [2.05, 4.69) is 16.3 Å². The fraction of sp³-hybridized carbons (Fsp3) is 0.533. The quantitative estimate of drug-likeness (QED) is 0.918. The summed E-state index contributed by atoms with van der Waals surface area (Å²) in [5, 5.41) is 2.93. The monoisotopic (exact) mass is 278 g/mol. The smallest absolute Gasteiger partial charge is 0.251 e. The molecule has 3 nitrogen and oxygen atoms in total. The number of thioether (sulfide) groups is 1. The topological polar surface area (TPSA) is 32.3 Å². The Morgan fingerprint density at radius 2 is 2.11 bits per heavy atom. The molecule has 0 radical (unpaired) electrons. The highest BCUT2D eigenvalue weighted by Crippen LogP contribution is 2.14. The third-order valence-corrected chi connectivity index (χ3v) is 4.06. The summed E-state index contributed by atoms with van der Waals surface area (Å²) in [6, 6.07) is 8.15. The van der Waals surface area contributed by atoms with Gasteiger partial charge in [0, 0.05) is 42.7 Å². The highest BCUT2D eigenvalue weighted by atomic mass is 32.2. The van der Waals surface area contributed by atoms with E-state index in [1.807, 2.05) is 43.8 Å². The van der Waals surface area contributed by atoms with Gasteiger partial charge in [-0.25, -0.2) is 0 Å². The molecule has 0 spiro atoms. The zero-order valence-electron chi connectivity index (χ0n) is 11.7. The Labute approximate surface area is 119 Å². The van der Waals surface area contributed by atoms with Gasteiger partial charge in [-0.15, -0.1) is 0 Å². The van der Waals surface area contributed by atoms with Crippen molar-refractivity contribution in [1.29, 1.82) is 0 Å². The van der Waals surface area contributed by atoms with Crippen molar-refractivity contribution in [1.82, 2.24) is 10.2 Å². The Bertz CT molecular complexity index is 428. The molecule has 1 N–H and O–H groups in total. The molecule has 2 rings (SSSR count). The van der Waals surface area contributed by atoms with Crippen LogP contribution in [0.4, 0.5) is 0 Å². The van der Waals surface area contributed by atoms with E-state index in [0.717, 1.165) is 25.2 Å². The van der Waals surface area contributed by atoms with Gasteiger partial charge in [0.1, 0.15) is 0 Å². The van der Waals surface area contributed by atoms with Crippen molar-refractivity contribution in [3.8, 4) is 0 Å². The zero-order chi connectivity index (χ0) is 13.7. The molecule has 1 aromatic rings. The molecule has 19 heavy (non-hydrogen) atoms. The second kappa shape index (κ2) is 6.96. The molecule has 0 atom stereocenters. The SMILES string of the molecule is CC(C)NC(=O)c1cccc(CN2CCSCC2)c1. The molecule has 1 aliphatic heterocycles. The van der Waals surface area contributed by atoms with Gasteiger partial charge in [0.05, 0.1) is 0 Å². The van der Waals surface area contributed by atoms with E-state index < -0.39 is 0 Å². The number of nitrogens with zero attached hydrogens (tertiary/aromatic N) is 1. The molecule has 0 aromatic heterocycles. The molecule has 1 heterocycles. The molecule has 4 heteroatoms. The third kappa shape index (κ3) is 4.55. The van der Waals surface area contributed by atoms with Gasteiger partial charge in [0.2, 0.25) is 0 Å². The first-order chi connectivity index (χ1) is 9.15. The summed E-state index contributed by atoms with van der Waals surface area (Å²) in [5.41, 5.74) is 1.99. The second-order valence-corrected chi connectivity index (χ2v) is 6.44. The lowest BCUT2D eigenvalue weighted by Gasteiger charge is -2.26. The number of hydrogen-bond donors (Lipinski definition) is 1. The summed E-state index contributed by atoms with van der Waals surface area (Å²) < 4.78 is 0. The van der Waals surface area contributed by atoms with E-state index in [4.69, 9.17) is 0 Å². The second-order valence-electron chi connectivity index (χ2n) is 5.22. The minimum absolute atomic E-state index is 0.0195. The summed E-state index contributed by atoms with van der Waals surface area (Å²) in [5.74, 6) is 2.45. The molecule has 0 saturated carbocycles. The Morgan fingerprint density at radius 1 is 1.37 bits per heavy atom. The van der Waals surface area contributed by atoms with Crippen LogP contribution in [0.15, 0.2) is 24.3 Å². The van der Waals surface area contributed by atoms with E-state index in [1.165, 1.54) is 17.1 Å². The Kier molecular flexibility index (Phi) is 5.28. The first-order valence-electron chi connectivity index (χ1n) is 6.85. The van der Waals surface area contributed by atoms with Crippen LogP contribution in [0.3, 0.4) is 0 Å². The van der Waals surface area contributed by atoms with Gasteiger partial charge >= 0.3 is 0 Å². The van der Waals surface area contributed by atoms with Crippen LogP contribution >= 0.6 is 11.8 Å². The van der Waals surface area contributed by atoms with Crippen molar-refractivity contribution in [2.45, 2.75) is 26.4 Å². The standard InChI is InChI=1S/C15H22N2OS/c1-12(2)16-15(18)14-5-3-4-13(10-14)11-17-6-8-19-9-7-17/h3-5,10,12H,6-9,11H2,1-2H3,(H,16,18). The average Bonchev–Trinajstić information content (AvgIpc) is 2.39. The minimum Gasteiger partial charge on any atom is -0.350 e. The zero-order valence-corrected chi connectivity index (χ0v) is 12.5. The first-order valence-corrected chi connectivity index (χ1v) is 8.00. The molecule has 0 bridgehead atoms. The number of benzene rings is 1. The molecule has 1 aliphatic rings. The molecule has 104 valence electrons. The number of rotatable bonds is 4. The van der Waals surface area contributed by atoms with Gasteiger partial charge in [0.25, 0.3) is 5.91 Å². The molecular formula is C15H22N2OS. The summed E-state index contributed by atoms with van der Waals surface area (Å²) in [4.78, 5) is 14.4. The lowest BCUT2D eigenvalue weighted by Crippen LogP contribution is -2.32. The third-order valence-electron chi connectivity index (χ3n) is 3.12. The first kappa shape index (κ1) is 14.4. The largest absolute Gasteiger partial charge is 0.350 e. The van der Waals surface area contributed by atoms with Gasteiger partial charge < -0.3 is 5.32 Å². The van der Waals surface area contributed by atoms with Crippen molar-refractivity contribution >= 4 is 17.7 Å². The van der Waals surface area contributed by atoms with E-state index in [-0.39, 0.29) is 11.9 Å². The van der Waals surface area contributed by atoms with E-state index >= 15 is 0 Å². The van der Waals surface area contributed by atoms with Crippen LogP contribution in [-0.4, -0.2) is 41.4 Å². The summed E-state index contributed by atoms with van der Waals surface area (Å²) in [6.07, 6.45) is 0. The van der Waals surface area contributed by atoms with Crippen LogP contribution in [0.2, 0.25) is 0 Å². The van der Waals surface area contributed by atoms with Crippen molar-refractivity contribution in [3.05, 3.63) is 35.4 Å². The number of hydrogen-bond acceptors (Lipinski definition) is 3. The van der Waals surface area contributed by atoms with Crippen molar-refractivity contribution < 1.29 is 4.79 Å². The van der Waals surface area contributed by atoms with Crippen molar-refractivity contribution in [2.75, 3.05) is 24.6 Å². The Hall–Kier alpha value is -1.00. The minimum atomic E-state index is 0.0195. The highest BCUT2D eigenvalue weighted by molar-refractivity contribution is 7.99. The predicted molar refractivity (Wildman–Crippen MR) is 81.6 cm³/mol. The molecule has 1 aromatic carbocycles. The summed E-state index contributed by atoms with van der Waals surface area (Å²) >= 11 is 2.02. The molecule has 0 unspecified atom stereocenters. The molecule has 1 amide bonds. The number of nitrogens with one attached hydrogen (secondary N) is 1. The number of carbonyl (C=O) groups is 1. The maximum Gasteiger partial charge on any atom is 0.251 e. The Morgan fingerprint density at radius 3 is 2.79 bits per heavy atom. The average molecular weight is 278 g/mol. The van der Waals surface area contributed by atoms with Gasteiger partial charge in [-0.2, -0.15) is 11.8 Å². The van der Waals surface area contributed by atoms with E-state index in [0.29, 0.717) is 0 Å². The number of amides is 1. The fourth-order valence-corrected chi connectivity index (χ4v) is 3.15. The lowest BCUT2D eigenvalue weighted by molar-refractivity contribution is 0.0943. The van der Waals surface area contributed by atoms with Gasteiger partial charge in [-0.05, 0) is 31.5 Å². The van der Waals surface area contributed by atoms with Gasteiger partial charge in [-0.3, -0.25) is 9.69 Å². The molecule has 1 fully saturated rings. The summed E-state index contributed by atoms with van der Waals surface area (Å²) in [6.45, 7) is 7.20. The van der Waals surface area contributed by atoms with Gasteiger partial charge in [-0.1, -0.05) is 12.1 Å². The van der Waals surface area contributed by atoms with Crippen LogP contribution < -0.4 is 5.32 Å². The molecular weight excluding hydrogens is 256 g/mol. The van der Waals surface area contributed by atoms with Crippen molar-refractivity contribution in [3.63, 3.8) is 0 Å². The van der Waals surface area contributed by atoms with E-state index in [9.17, 15) is 4.79 Å². The fourth-order valence-electron chi connectivity index (χ4n) is 2.17. The molecule has 1 saturated heterocycles. The van der Waals surface area contributed by atoms with Crippen LogP contribution in [0, 0.1) is 0 Å². The Balaban J connectivity index is 1.99. The van der Waals surface area contributed by atoms with Gasteiger partial charge in [0.15, 0.2) is 0 Å². The van der Waals surface area contributed by atoms with Crippen LogP contribution in [-0.2, 0) is 6.54 Å². The van der Waals surface area contributed by atoms with Crippen molar-refractivity contribution in [2.24, 2.45) is 0 Å². The lowest BCUT2D eigenvalue weighted by atomic mass is 10.1. The maximum atomic E-state index is 12.0. The normalized spacial score (nSPS) is 16.6. The van der Waals surface area contributed by atoms with Crippen LogP contribution in [0.25, 0.3) is 0 Å². The molecule has 0 aliphatic carbocycles. The van der Waals surface area contributed by atoms with Crippen LogP contribution in [0.1, 0.15) is 29.8 Å². The van der Waals surface area contributed by atoms with Crippen LogP contribution in [0.5, 0.6) is 0 Å². The summed E-state index contributed by atoms with van der Waals surface area (Å²) in [7, 11) is 0. The van der Waals surface area contributed by atoms with E-state index in [1.54, 1.807) is 0 Å². The number of carbonyl (C=O) groups excluding carboxylic acids is 1. The highest BCUT2D eigenvalue weighted by Gasteiger charge is 2.12.